The molecule has 0 aliphatic carbocycles. The number of aliphatic hydroxyl groups is 1. The largest absolute Gasteiger partial charge is 0.394 e. The third-order valence-electron chi connectivity index (χ3n) is 2.88. The first-order valence-corrected chi connectivity index (χ1v) is 7.52. The first kappa shape index (κ1) is 14.2. The predicted octanol–water partition coefficient (Wildman–Crippen LogP) is 2.48. The van der Waals surface area contributed by atoms with E-state index in [1.165, 1.54) is 10.5 Å². The molecule has 0 amide bonds. The molecule has 0 saturated carbocycles. The lowest BCUT2D eigenvalue weighted by atomic mass is 10.0. The van der Waals surface area contributed by atoms with E-state index in [-0.39, 0.29) is 6.61 Å². The van der Waals surface area contributed by atoms with Gasteiger partial charge in [-0.25, -0.2) is 0 Å². The van der Waals surface area contributed by atoms with Gasteiger partial charge < -0.3 is 15.2 Å². The van der Waals surface area contributed by atoms with Crippen molar-refractivity contribution in [2.24, 2.45) is 0 Å². The van der Waals surface area contributed by atoms with Crippen LogP contribution in [-0.4, -0.2) is 37.2 Å². The molecular formula is C13H18ClNO2S. The highest BCUT2D eigenvalue weighted by atomic mass is 35.5. The fraction of sp³-hybridized carbons (Fsp3) is 0.538. The van der Waals surface area contributed by atoms with Crippen molar-refractivity contribution >= 4 is 23.4 Å². The fourth-order valence-electron chi connectivity index (χ4n) is 2.05. The second kappa shape index (κ2) is 7.36. The number of aliphatic hydroxyl groups excluding tert-OH is 1. The number of rotatable bonds is 6. The second-order valence-corrected chi connectivity index (χ2v) is 5.74. The molecule has 2 rings (SSSR count). The Balaban J connectivity index is 1.89. The van der Waals surface area contributed by atoms with Crippen molar-refractivity contribution in [3.05, 3.63) is 28.8 Å². The number of ether oxygens (including phenoxy) is 1. The highest BCUT2D eigenvalue weighted by Gasteiger charge is 2.20. The minimum Gasteiger partial charge on any atom is -0.394 e. The van der Waals surface area contributed by atoms with E-state index >= 15 is 0 Å². The summed E-state index contributed by atoms with van der Waals surface area (Å²) in [6, 6.07) is 6.45. The van der Waals surface area contributed by atoms with Crippen LogP contribution in [0.3, 0.4) is 0 Å². The molecular weight excluding hydrogens is 270 g/mol. The number of benzene rings is 1. The van der Waals surface area contributed by atoms with Crippen molar-refractivity contribution in [2.75, 3.05) is 32.1 Å². The monoisotopic (exact) mass is 287 g/mol. The standard InChI is InChI=1S/C13H18ClNO2S/c14-10-1-2-13-11(9-10)12(3-8-18-13)15-4-6-17-7-5-16/h1-2,9,12,15-16H,3-8H2. The lowest BCUT2D eigenvalue weighted by Crippen LogP contribution is -2.28. The van der Waals surface area contributed by atoms with Gasteiger partial charge in [0, 0.05) is 22.5 Å². The van der Waals surface area contributed by atoms with E-state index < -0.39 is 0 Å². The van der Waals surface area contributed by atoms with E-state index in [1.807, 2.05) is 17.8 Å². The summed E-state index contributed by atoms with van der Waals surface area (Å²) >= 11 is 7.94. The van der Waals surface area contributed by atoms with Gasteiger partial charge in [0.05, 0.1) is 19.8 Å². The zero-order valence-electron chi connectivity index (χ0n) is 10.2. The maximum absolute atomic E-state index is 8.61. The zero-order chi connectivity index (χ0) is 12.8. The molecule has 100 valence electrons. The summed E-state index contributed by atoms with van der Waals surface area (Å²) in [7, 11) is 0. The molecule has 0 aromatic heterocycles. The molecule has 0 saturated heterocycles. The molecule has 0 bridgehead atoms. The smallest absolute Gasteiger partial charge is 0.0698 e. The van der Waals surface area contributed by atoms with Gasteiger partial charge in [0.2, 0.25) is 0 Å². The Morgan fingerprint density at radius 2 is 2.33 bits per heavy atom. The van der Waals surface area contributed by atoms with Crippen LogP contribution >= 0.6 is 23.4 Å². The SMILES string of the molecule is OCCOCCNC1CCSc2ccc(Cl)cc21. The molecule has 5 heteroatoms. The van der Waals surface area contributed by atoms with Gasteiger partial charge in [-0.15, -0.1) is 11.8 Å². The van der Waals surface area contributed by atoms with Crippen molar-refractivity contribution in [1.82, 2.24) is 5.32 Å². The van der Waals surface area contributed by atoms with Gasteiger partial charge in [-0.1, -0.05) is 11.6 Å². The van der Waals surface area contributed by atoms with Gasteiger partial charge in [0.1, 0.15) is 0 Å². The van der Waals surface area contributed by atoms with Gasteiger partial charge in [-0.2, -0.15) is 0 Å². The van der Waals surface area contributed by atoms with E-state index in [9.17, 15) is 0 Å². The minimum atomic E-state index is 0.0819. The Morgan fingerprint density at radius 1 is 1.44 bits per heavy atom. The van der Waals surface area contributed by atoms with Crippen LogP contribution in [0.15, 0.2) is 23.1 Å². The van der Waals surface area contributed by atoms with Crippen molar-refractivity contribution in [2.45, 2.75) is 17.4 Å². The number of nitrogens with one attached hydrogen (secondary N) is 1. The molecule has 0 spiro atoms. The fourth-order valence-corrected chi connectivity index (χ4v) is 3.34. The summed E-state index contributed by atoms with van der Waals surface area (Å²) in [5.41, 5.74) is 1.29. The van der Waals surface area contributed by atoms with Gasteiger partial charge >= 0.3 is 0 Å². The number of hydrogen-bond acceptors (Lipinski definition) is 4. The first-order chi connectivity index (χ1) is 8.81. The quantitative estimate of drug-likeness (QED) is 0.789. The molecule has 1 aromatic rings. The molecule has 1 heterocycles. The molecule has 1 aliphatic heterocycles. The van der Waals surface area contributed by atoms with Crippen LogP contribution in [0.25, 0.3) is 0 Å². The highest BCUT2D eigenvalue weighted by molar-refractivity contribution is 7.99. The van der Waals surface area contributed by atoms with E-state index in [4.69, 9.17) is 21.4 Å². The summed E-state index contributed by atoms with van der Waals surface area (Å²) in [5.74, 6) is 1.13. The van der Waals surface area contributed by atoms with Crippen LogP contribution < -0.4 is 5.32 Å². The van der Waals surface area contributed by atoms with Gasteiger partial charge in [-0.05, 0) is 35.9 Å². The minimum absolute atomic E-state index is 0.0819. The third kappa shape index (κ3) is 3.87. The first-order valence-electron chi connectivity index (χ1n) is 6.15. The van der Waals surface area contributed by atoms with Crippen LogP contribution in [-0.2, 0) is 4.74 Å². The highest BCUT2D eigenvalue weighted by Crippen LogP contribution is 2.37. The lowest BCUT2D eigenvalue weighted by molar-refractivity contribution is 0.0924. The number of halogens is 1. The van der Waals surface area contributed by atoms with Crippen molar-refractivity contribution in [3.8, 4) is 0 Å². The van der Waals surface area contributed by atoms with E-state index in [1.54, 1.807) is 0 Å². The average Bonchev–Trinajstić information content (AvgIpc) is 2.39. The molecule has 3 nitrogen and oxygen atoms in total. The third-order valence-corrected chi connectivity index (χ3v) is 4.24. The average molecular weight is 288 g/mol. The van der Waals surface area contributed by atoms with Crippen molar-refractivity contribution in [1.29, 1.82) is 0 Å². The molecule has 0 radical (unpaired) electrons. The summed E-state index contributed by atoms with van der Waals surface area (Å²) in [5, 5.41) is 12.9. The summed E-state index contributed by atoms with van der Waals surface area (Å²) in [4.78, 5) is 1.32. The molecule has 1 aromatic carbocycles. The van der Waals surface area contributed by atoms with Gasteiger partial charge in [-0.3, -0.25) is 0 Å². The molecule has 18 heavy (non-hydrogen) atoms. The van der Waals surface area contributed by atoms with Crippen LogP contribution in [0.2, 0.25) is 5.02 Å². The number of fused-ring (bicyclic) bond motifs is 1. The Bertz CT molecular complexity index is 389. The molecule has 1 atom stereocenters. The lowest BCUT2D eigenvalue weighted by Gasteiger charge is -2.26. The number of hydrogen-bond donors (Lipinski definition) is 2. The maximum atomic E-state index is 8.61. The van der Waals surface area contributed by atoms with Crippen LogP contribution in [0.5, 0.6) is 0 Å². The van der Waals surface area contributed by atoms with E-state index in [0.29, 0.717) is 19.3 Å². The van der Waals surface area contributed by atoms with Crippen molar-refractivity contribution in [3.63, 3.8) is 0 Å². The predicted molar refractivity (Wildman–Crippen MR) is 75.4 cm³/mol. The summed E-state index contributed by atoms with van der Waals surface area (Å²) in [6.45, 7) is 1.91. The molecule has 1 aliphatic rings. The van der Waals surface area contributed by atoms with Crippen molar-refractivity contribution < 1.29 is 9.84 Å². The Labute approximate surface area is 117 Å². The Morgan fingerprint density at radius 3 is 3.17 bits per heavy atom. The Kier molecular flexibility index (Phi) is 5.79. The summed E-state index contributed by atoms with van der Waals surface area (Å²) < 4.78 is 5.24. The maximum Gasteiger partial charge on any atom is 0.0698 e. The van der Waals surface area contributed by atoms with E-state index in [0.717, 1.165) is 23.7 Å². The second-order valence-electron chi connectivity index (χ2n) is 4.16. The van der Waals surface area contributed by atoms with Crippen LogP contribution in [0, 0.1) is 0 Å². The van der Waals surface area contributed by atoms with Crippen LogP contribution in [0.4, 0.5) is 0 Å². The van der Waals surface area contributed by atoms with Gasteiger partial charge in [0.25, 0.3) is 0 Å². The summed E-state index contributed by atoms with van der Waals surface area (Å²) in [6.07, 6.45) is 1.11. The normalized spacial score (nSPS) is 18.7. The molecule has 2 N–H and O–H groups in total. The number of thioether (sulfide) groups is 1. The zero-order valence-corrected chi connectivity index (χ0v) is 11.8. The van der Waals surface area contributed by atoms with Gasteiger partial charge in [0.15, 0.2) is 0 Å². The van der Waals surface area contributed by atoms with E-state index in [2.05, 4.69) is 17.4 Å². The van der Waals surface area contributed by atoms with Crippen LogP contribution in [0.1, 0.15) is 18.0 Å². The molecule has 0 fully saturated rings. The Hall–Kier alpha value is -0.260. The molecule has 1 unspecified atom stereocenters. The topological polar surface area (TPSA) is 41.5 Å².